The van der Waals surface area contributed by atoms with Gasteiger partial charge in [0, 0.05) is 48.3 Å². The molecule has 1 spiro atoms. The number of benzene rings is 2. The van der Waals surface area contributed by atoms with E-state index in [9.17, 15) is 19.8 Å². The monoisotopic (exact) mass is 714 g/mol. The van der Waals surface area contributed by atoms with Crippen LogP contribution in [0.2, 0.25) is 5.02 Å². The minimum absolute atomic E-state index is 0.0144. The number of phenolic OH excluding ortho intramolecular Hbond substituents is 1. The molecule has 14 heteroatoms. The lowest BCUT2D eigenvalue weighted by molar-refractivity contribution is -0.112. The number of phenols is 1. The quantitative estimate of drug-likeness (QED) is 0.206. The van der Waals surface area contributed by atoms with E-state index in [0.717, 1.165) is 31.7 Å². The molecule has 0 bridgehead atoms. The Morgan fingerprint density at radius 2 is 1.96 bits per heavy atom. The molecule has 6 rings (SSSR count). The van der Waals surface area contributed by atoms with Gasteiger partial charge in [-0.15, -0.1) is 0 Å². The number of nitrogens with one attached hydrogen (secondary N) is 1. The Morgan fingerprint density at radius 1 is 1.18 bits per heavy atom. The number of aliphatic hydroxyl groups excluding tert-OH is 1. The lowest BCUT2D eigenvalue weighted by atomic mass is 9.73. The molecule has 2 aromatic carbocycles. The van der Waals surface area contributed by atoms with Crippen molar-refractivity contribution in [1.29, 1.82) is 0 Å². The first kappa shape index (κ1) is 34.9. The summed E-state index contributed by atoms with van der Waals surface area (Å²) in [6, 6.07) is 9.67. The zero-order valence-electron chi connectivity index (χ0n) is 27.6. The van der Waals surface area contributed by atoms with Gasteiger partial charge in [-0.25, -0.2) is 14.8 Å². The lowest BCUT2D eigenvalue weighted by Crippen LogP contribution is -2.50. The Morgan fingerprint density at radius 3 is 2.62 bits per heavy atom. The summed E-state index contributed by atoms with van der Waals surface area (Å²) in [6.07, 6.45) is 6.76. The standard InChI is InChI=1S/C36H35ClN6O6S/c1-21-34(38)36(20-49-21)11-13-43(14-12-36)29-16-40-30(17-39-29)50-28-6-4-5-24(32(28)37)41-35(47)31-25(19-44)42(2)18-23(33(31)46)9-7-22-8-10-26(45)27(15-22)48-3/h4-6,8,10,15-18,21,34,45-46H,11-14,20,38H2,1-3H3,(H,41,47)/t21-,34+/m0/s1. The van der Waals surface area contributed by atoms with Gasteiger partial charge in [-0.2, -0.15) is 0 Å². The summed E-state index contributed by atoms with van der Waals surface area (Å²) in [5, 5.41) is 24.5. The molecule has 0 saturated carbocycles. The van der Waals surface area contributed by atoms with Crippen LogP contribution in [0, 0.1) is 17.3 Å². The molecular weight excluding hydrogens is 680 g/mol. The molecule has 4 heterocycles. The van der Waals surface area contributed by atoms with Crippen molar-refractivity contribution in [2.75, 3.05) is 44.1 Å². The molecule has 2 atom stereocenters. The summed E-state index contributed by atoms with van der Waals surface area (Å²) < 4.78 is 11.0. The molecule has 5 N–H and O–H groups in total. The first-order chi connectivity index (χ1) is 24.0. The number of carbonyl (C=O) groups excluding carboxylic acids is 2. The number of aromatic nitrogens is 2. The highest BCUT2D eigenvalue weighted by molar-refractivity contribution is 7.99. The number of nitrogens with two attached hydrogens (primary N) is 1. The van der Waals surface area contributed by atoms with Gasteiger partial charge in [0.25, 0.3) is 5.91 Å². The van der Waals surface area contributed by atoms with E-state index < -0.39 is 11.7 Å². The van der Waals surface area contributed by atoms with Gasteiger partial charge in [0.1, 0.15) is 27.9 Å². The van der Waals surface area contributed by atoms with Gasteiger partial charge >= 0.3 is 0 Å². The first-order valence-electron chi connectivity index (χ1n) is 15.8. The third-order valence-electron chi connectivity index (χ3n) is 9.22. The predicted molar refractivity (Wildman–Crippen MR) is 190 cm³/mol. The van der Waals surface area contributed by atoms with Crippen molar-refractivity contribution in [1.82, 2.24) is 14.9 Å². The number of hydrogen-bond acceptors (Lipinski definition) is 12. The Kier molecular flexibility index (Phi) is 10.1. The van der Waals surface area contributed by atoms with Crippen molar-refractivity contribution in [2.24, 2.45) is 11.1 Å². The van der Waals surface area contributed by atoms with Crippen molar-refractivity contribution >= 4 is 46.7 Å². The fourth-order valence-corrected chi connectivity index (χ4v) is 7.30. The molecule has 2 saturated heterocycles. The fraction of sp³-hybridized carbons (Fsp3) is 0.306. The highest BCUT2D eigenvalue weighted by Gasteiger charge is 2.47. The highest BCUT2D eigenvalue weighted by Crippen LogP contribution is 2.42. The number of nitrogens with zero attached hydrogens (tertiary/aromatic N) is 4. The van der Waals surface area contributed by atoms with Gasteiger partial charge in [-0.3, -0.25) is 4.79 Å². The Labute approximate surface area is 298 Å². The second-order valence-electron chi connectivity index (χ2n) is 12.2. The van der Waals surface area contributed by atoms with Crippen molar-refractivity contribution < 1.29 is 29.3 Å². The molecule has 0 radical (unpaired) electrons. The van der Waals surface area contributed by atoms with Crippen LogP contribution < -0.4 is 20.7 Å². The zero-order chi connectivity index (χ0) is 35.6. The van der Waals surface area contributed by atoms with Gasteiger partial charge in [-0.1, -0.05) is 41.3 Å². The molecule has 2 fully saturated rings. The van der Waals surface area contributed by atoms with Crippen LogP contribution in [0.3, 0.4) is 0 Å². The van der Waals surface area contributed by atoms with E-state index in [1.807, 2.05) is 6.92 Å². The van der Waals surface area contributed by atoms with Gasteiger partial charge < -0.3 is 40.5 Å². The lowest BCUT2D eigenvalue weighted by Gasteiger charge is -2.41. The van der Waals surface area contributed by atoms with Crippen LogP contribution in [0.25, 0.3) is 0 Å². The molecule has 12 nitrogen and oxygen atoms in total. The number of piperidine rings is 1. The van der Waals surface area contributed by atoms with E-state index in [-0.39, 0.29) is 56.6 Å². The van der Waals surface area contributed by atoms with E-state index >= 15 is 0 Å². The number of ether oxygens (including phenoxy) is 2. The minimum Gasteiger partial charge on any atom is -0.506 e. The number of methoxy groups -OCH3 is 1. The Balaban J connectivity index is 1.15. The van der Waals surface area contributed by atoms with Crippen LogP contribution in [0.15, 0.2) is 87.5 Å². The topological polar surface area (TPSA) is 163 Å². The van der Waals surface area contributed by atoms with Crippen molar-refractivity contribution in [3.8, 4) is 23.3 Å². The van der Waals surface area contributed by atoms with Gasteiger partial charge in [0.2, 0.25) is 0 Å². The SMILES string of the molecule is COc1cc(C#CC2=CN(C)C(=C=O)C(C(=O)Nc3cccc(Sc4cnc(N5CCC6(CC5)CO[C@@H](C)[C@H]6N)cn4)c3Cl)=C2O)ccc1O. The molecule has 0 unspecified atom stereocenters. The van der Waals surface area contributed by atoms with Crippen molar-refractivity contribution in [3.63, 3.8) is 0 Å². The number of rotatable bonds is 6. The minimum atomic E-state index is -0.789. The third-order valence-corrected chi connectivity index (χ3v) is 10.7. The van der Waals surface area contributed by atoms with Crippen LogP contribution >= 0.6 is 23.4 Å². The molecule has 1 amide bonds. The van der Waals surface area contributed by atoms with Gasteiger partial charge in [0.05, 0.1) is 48.5 Å². The maximum absolute atomic E-state index is 13.6. The molecule has 3 aliphatic heterocycles. The normalized spacial score (nSPS) is 19.9. The van der Waals surface area contributed by atoms with Crippen molar-refractivity contribution in [2.45, 2.75) is 41.8 Å². The molecular formula is C36H35ClN6O6S. The number of likely N-dealkylation sites (N-methyl/N-ethyl adjacent to an activating group) is 1. The maximum Gasteiger partial charge on any atom is 0.262 e. The molecule has 50 heavy (non-hydrogen) atoms. The second-order valence-corrected chi connectivity index (χ2v) is 13.7. The average molecular weight is 715 g/mol. The molecule has 3 aliphatic rings. The van der Waals surface area contributed by atoms with Crippen LogP contribution in [0.5, 0.6) is 11.5 Å². The van der Waals surface area contributed by atoms with Crippen LogP contribution in [0.1, 0.15) is 25.3 Å². The van der Waals surface area contributed by atoms with E-state index in [4.69, 9.17) is 26.8 Å². The fourth-order valence-electron chi connectivity index (χ4n) is 6.23. The number of amides is 1. The largest absolute Gasteiger partial charge is 0.506 e. The summed E-state index contributed by atoms with van der Waals surface area (Å²) in [6.45, 7) is 4.37. The summed E-state index contributed by atoms with van der Waals surface area (Å²) in [4.78, 5) is 38.9. The summed E-state index contributed by atoms with van der Waals surface area (Å²) >= 11 is 8.02. The molecule has 258 valence electrons. The number of aliphatic hydroxyl groups is 1. The third kappa shape index (κ3) is 6.89. The number of halogens is 1. The predicted octanol–water partition coefficient (Wildman–Crippen LogP) is 4.68. The summed E-state index contributed by atoms with van der Waals surface area (Å²) in [7, 11) is 2.95. The Hall–Kier alpha value is -4.96. The average Bonchev–Trinajstić information content (AvgIpc) is 3.39. The van der Waals surface area contributed by atoms with Crippen LogP contribution in [-0.2, 0) is 14.3 Å². The van der Waals surface area contributed by atoms with Crippen LogP contribution in [0.4, 0.5) is 11.5 Å². The van der Waals surface area contributed by atoms with Crippen molar-refractivity contribution in [3.05, 3.63) is 88.2 Å². The molecule has 3 aromatic rings. The molecule has 1 aromatic heterocycles. The van der Waals surface area contributed by atoms with E-state index in [2.05, 4.69) is 32.0 Å². The van der Waals surface area contributed by atoms with Gasteiger partial charge in [-0.05, 0) is 50.1 Å². The second kappa shape index (κ2) is 14.5. The summed E-state index contributed by atoms with van der Waals surface area (Å²) in [5.41, 5.74) is 6.78. The number of allylic oxidation sites excluding steroid dienone is 1. The van der Waals surface area contributed by atoms with E-state index in [0.29, 0.717) is 22.1 Å². The Bertz CT molecular complexity index is 1990. The van der Waals surface area contributed by atoms with E-state index in [1.54, 1.807) is 42.6 Å². The highest BCUT2D eigenvalue weighted by atomic mass is 35.5. The van der Waals surface area contributed by atoms with Gasteiger partial charge in [0.15, 0.2) is 17.4 Å². The van der Waals surface area contributed by atoms with Crippen LogP contribution in [-0.4, -0.2) is 82.9 Å². The molecule has 0 aliphatic carbocycles. The number of anilines is 2. The van der Waals surface area contributed by atoms with E-state index in [1.165, 1.54) is 49.2 Å². The number of aromatic hydroxyl groups is 1. The number of hydrogen-bond donors (Lipinski definition) is 4. The summed E-state index contributed by atoms with van der Waals surface area (Å²) in [5.74, 6) is 7.07. The smallest absolute Gasteiger partial charge is 0.262 e. The zero-order valence-corrected chi connectivity index (χ0v) is 29.1. The first-order valence-corrected chi connectivity index (χ1v) is 17.0. The maximum atomic E-state index is 13.6. The number of carbonyl (C=O) groups is 1.